The van der Waals surface area contributed by atoms with Gasteiger partial charge in [-0.1, -0.05) is 37.1 Å². The molecule has 0 amide bonds. The Morgan fingerprint density at radius 2 is 2.11 bits per heavy atom. The lowest BCUT2D eigenvalue weighted by molar-refractivity contribution is 0.216. The lowest BCUT2D eigenvalue weighted by atomic mass is 10.0. The molecule has 0 heterocycles. The predicted molar refractivity (Wildman–Crippen MR) is 79.9 cm³/mol. The van der Waals surface area contributed by atoms with Crippen molar-refractivity contribution in [1.29, 1.82) is 0 Å². The highest BCUT2D eigenvalue weighted by molar-refractivity contribution is 6.30. The van der Waals surface area contributed by atoms with E-state index in [-0.39, 0.29) is 0 Å². The molecule has 0 aliphatic rings. The van der Waals surface area contributed by atoms with Gasteiger partial charge in [-0.2, -0.15) is 0 Å². The van der Waals surface area contributed by atoms with Crippen LogP contribution in [0.2, 0.25) is 5.02 Å². The van der Waals surface area contributed by atoms with Crippen LogP contribution in [0.1, 0.15) is 38.3 Å². The Balaban J connectivity index is 2.62. The highest BCUT2D eigenvalue weighted by Crippen LogP contribution is 2.23. The summed E-state index contributed by atoms with van der Waals surface area (Å²) in [4.78, 5) is 2.36. The van der Waals surface area contributed by atoms with Crippen LogP contribution in [-0.2, 0) is 0 Å². The summed E-state index contributed by atoms with van der Waals surface area (Å²) in [5, 5.41) is 0.802. The molecular formula is C15H25ClN2. The zero-order chi connectivity index (χ0) is 13.5. The summed E-state index contributed by atoms with van der Waals surface area (Å²) in [6, 6.07) is 8.46. The lowest BCUT2D eigenvalue weighted by Crippen LogP contribution is -2.32. The van der Waals surface area contributed by atoms with Gasteiger partial charge < -0.3 is 5.73 Å². The Hall–Kier alpha value is -0.570. The molecule has 0 aliphatic carbocycles. The maximum Gasteiger partial charge on any atom is 0.0409 e. The van der Waals surface area contributed by atoms with E-state index in [1.165, 1.54) is 18.4 Å². The molecule has 1 aromatic carbocycles. The fourth-order valence-corrected chi connectivity index (χ4v) is 2.48. The first-order valence-corrected chi connectivity index (χ1v) is 7.12. The summed E-state index contributed by atoms with van der Waals surface area (Å²) in [6.45, 7) is 6.23. The first-order chi connectivity index (χ1) is 8.58. The van der Waals surface area contributed by atoms with Gasteiger partial charge in [0, 0.05) is 17.6 Å². The highest BCUT2D eigenvalue weighted by Gasteiger charge is 2.15. The van der Waals surface area contributed by atoms with Crippen LogP contribution in [0, 0.1) is 5.92 Å². The second-order valence-electron chi connectivity index (χ2n) is 5.06. The number of nitrogens with two attached hydrogens (primary N) is 1. The van der Waals surface area contributed by atoms with E-state index in [0.29, 0.717) is 12.0 Å². The largest absolute Gasteiger partial charge is 0.330 e. The van der Waals surface area contributed by atoms with Gasteiger partial charge in [0.25, 0.3) is 0 Å². The molecule has 0 bridgehead atoms. The van der Waals surface area contributed by atoms with Crippen molar-refractivity contribution in [3.05, 3.63) is 34.9 Å². The number of hydrogen-bond donors (Lipinski definition) is 1. The molecule has 3 heteroatoms. The minimum absolute atomic E-state index is 0.370. The molecule has 0 radical (unpaired) electrons. The van der Waals surface area contributed by atoms with Crippen LogP contribution in [0.5, 0.6) is 0 Å². The Morgan fingerprint density at radius 1 is 1.39 bits per heavy atom. The van der Waals surface area contributed by atoms with Gasteiger partial charge in [0.05, 0.1) is 0 Å². The Labute approximate surface area is 116 Å². The van der Waals surface area contributed by atoms with Gasteiger partial charge in [-0.05, 0) is 50.6 Å². The summed E-state index contributed by atoms with van der Waals surface area (Å²) in [6.07, 6.45) is 2.39. The fourth-order valence-electron chi connectivity index (χ4n) is 2.28. The van der Waals surface area contributed by atoms with Crippen molar-refractivity contribution < 1.29 is 0 Å². The molecule has 0 aromatic heterocycles. The molecule has 0 saturated heterocycles. The SMILES string of the molecule is CCCC(CN)CN(C)C(C)c1cccc(Cl)c1. The Kier molecular flexibility index (Phi) is 6.69. The summed E-state index contributed by atoms with van der Waals surface area (Å²) in [5.74, 6) is 0.585. The van der Waals surface area contributed by atoms with Gasteiger partial charge in [-0.15, -0.1) is 0 Å². The first kappa shape index (κ1) is 15.5. The maximum atomic E-state index is 6.04. The molecular weight excluding hydrogens is 244 g/mol. The second-order valence-corrected chi connectivity index (χ2v) is 5.50. The van der Waals surface area contributed by atoms with Crippen LogP contribution < -0.4 is 5.73 Å². The molecule has 0 spiro atoms. The van der Waals surface area contributed by atoms with Gasteiger partial charge in [0.1, 0.15) is 0 Å². The van der Waals surface area contributed by atoms with E-state index in [9.17, 15) is 0 Å². The summed E-state index contributed by atoms with van der Waals surface area (Å²) >= 11 is 6.04. The standard InChI is InChI=1S/C15H25ClN2/c1-4-6-13(10-17)11-18(3)12(2)14-7-5-8-15(16)9-14/h5,7-9,12-13H,4,6,10-11,17H2,1-3H3. The molecule has 2 unspecified atom stereocenters. The molecule has 2 N–H and O–H groups in total. The number of rotatable bonds is 7. The van der Waals surface area contributed by atoms with Gasteiger partial charge in [0.15, 0.2) is 0 Å². The monoisotopic (exact) mass is 268 g/mol. The maximum absolute atomic E-state index is 6.04. The highest BCUT2D eigenvalue weighted by atomic mass is 35.5. The van der Waals surface area contributed by atoms with Crippen molar-refractivity contribution >= 4 is 11.6 Å². The molecule has 102 valence electrons. The van der Waals surface area contributed by atoms with Crippen molar-refractivity contribution in [2.45, 2.75) is 32.7 Å². The number of nitrogens with zero attached hydrogens (tertiary/aromatic N) is 1. The Bertz CT molecular complexity index is 354. The van der Waals surface area contributed by atoms with E-state index in [1.54, 1.807) is 0 Å². The lowest BCUT2D eigenvalue weighted by Gasteiger charge is -2.29. The average molecular weight is 269 g/mol. The first-order valence-electron chi connectivity index (χ1n) is 6.74. The van der Waals surface area contributed by atoms with Crippen molar-refractivity contribution in [3.63, 3.8) is 0 Å². The van der Waals surface area contributed by atoms with E-state index in [4.69, 9.17) is 17.3 Å². The second kappa shape index (κ2) is 7.78. The van der Waals surface area contributed by atoms with Gasteiger partial charge in [0.2, 0.25) is 0 Å². The number of halogens is 1. The van der Waals surface area contributed by atoms with Crippen molar-refractivity contribution in [1.82, 2.24) is 4.90 Å². The molecule has 18 heavy (non-hydrogen) atoms. The third kappa shape index (κ3) is 4.60. The summed E-state index contributed by atoms with van der Waals surface area (Å²) in [7, 11) is 2.16. The molecule has 2 nitrogen and oxygen atoms in total. The van der Waals surface area contributed by atoms with Crippen LogP contribution in [0.25, 0.3) is 0 Å². The van der Waals surface area contributed by atoms with E-state index in [2.05, 4.69) is 31.9 Å². The van der Waals surface area contributed by atoms with Crippen LogP contribution in [0.4, 0.5) is 0 Å². The third-order valence-electron chi connectivity index (χ3n) is 3.57. The van der Waals surface area contributed by atoms with Gasteiger partial charge >= 0.3 is 0 Å². The van der Waals surface area contributed by atoms with E-state index in [1.807, 2.05) is 18.2 Å². The zero-order valence-electron chi connectivity index (χ0n) is 11.7. The van der Waals surface area contributed by atoms with E-state index >= 15 is 0 Å². The summed E-state index contributed by atoms with van der Waals surface area (Å²) in [5.41, 5.74) is 7.08. The third-order valence-corrected chi connectivity index (χ3v) is 3.80. The zero-order valence-corrected chi connectivity index (χ0v) is 12.5. The van der Waals surface area contributed by atoms with Crippen LogP contribution in [0.3, 0.4) is 0 Å². The molecule has 0 saturated carbocycles. The van der Waals surface area contributed by atoms with Crippen LogP contribution in [-0.4, -0.2) is 25.0 Å². The molecule has 1 rings (SSSR count). The number of hydrogen-bond acceptors (Lipinski definition) is 2. The normalized spacial score (nSPS) is 14.8. The van der Waals surface area contributed by atoms with Crippen molar-refractivity contribution in [2.24, 2.45) is 11.7 Å². The minimum Gasteiger partial charge on any atom is -0.330 e. The number of benzene rings is 1. The average Bonchev–Trinajstić information content (AvgIpc) is 2.37. The smallest absolute Gasteiger partial charge is 0.0409 e. The van der Waals surface area contributed by atoms with Crippen LogP contribution >= 0.6 is 11.6 Å². The van der Waals surface area contributed by atoms with Crippen LogP contribution in [0.15, 0.2) is 24.3 Å². The molecule has 2 atom stereocenters. The molecule has 0 fully saturated rings. The topological polar surface area (TPSA) is 29.3 Å². The minimum atomic E-state index is 0.370. The van der Waals surface area contributed by atoms with Gasteiger partial charge in [-0.25, -0.2) is 0 Å². The predicted octanol–water partition coefficient (Wildman–Crippen LogP) is 3.71. The summed E-state index contributed by atoms with van der Waals surface area (Å²) < 4.78 is 0. The quantitative estimate of drug-likeness (QED) is 0.817. The van der Waals surface area contributed by atoms with E-state index in [0.717, 1.165) is 18.1 Å². The molecule has 1 aromatic rings. The van der Waals surface area contributed by atoms with Gasteiger partial charge in [-0.3, -0.25) is 4.90 Å². The molecule has 0 aliphatic heterocycles. The van der Waals surface area contributed by atoms with E-state index < -0.39 is 0 Å². The van der Waals surface area contributed by atoms with Crippen molar-refractivity contribution in [2.75, 3.05) is 20.1 Å². The fraction of sp³-hybridized carbons (Fsp3) is 0.600. The van der Waals surface area contributed by atoms with Crippen molar-refractivity contribution in [3.8, 4) is 0 Å². The Morgan fingerprint density at radius 3 is 2.67 bits per heavy atom.